The number of hydrogen-bond donors (Lipinski definition) is 3. The van der Waals surface area contributed by atoms with E-state index in [0.717, 1.165) is 16.6 Å². The SMILES string of the molecule is CNc1nccc(Nc2cc3cn[nH]c3cc2OC)n1. The summed E-state index contributed by atoms with van der Waals surface area (Å²) >= 11 is 0. The van der Waals surface area contributed by atoms with Gasteiger partial charge in [-0.1, -0.05) is 0 Å². The summed E-state index contributed by atoms with van der Waals surface area (Å²) in [5.74, 6) is 1.95. The summed E-state index contributed by atoms with van der Waals surface area (Å²) in [5.41, 5.74) is 1.74. The molecule has 3 N–H and O–H groups in total. The fourth-order valence-corrected chi connectivity index (χ4v) is 1.92. The number of nitrogens with zero attached hydrogens (tertiary/aromatic N) is 3. The second-order valence-electron chi connectivity index (χ2n) is 4.15. The minimum absolute atomic E-state index is 0.554. The molecule has 3 rings (SSSR count). The van der Waals surface area contributed by atoms with Gasteiger partial charge in [0.25, 0.3) is 0 Å². The highest BCUT2D eigenvalue weighted by molar-refractivity contribution is 5.86. The molecule has 0 aliphatic carbocycles. The van der Waals surface area contributed by atoms with Crippen LogP contribution < -0.4 is 15.4 Å². The highest BCUT2D eigenvalue weighted by atomic mass is 16.5. The van der Waals surface area contributed by atoms with Gasteiger partial charge in [0, 0.05) is 24.7 Å². The van der Waals surface area contributed by atoms with Gasteiger partial charge in [-0.3, -0.25) is 5.10 Å². The largest absolute Gasteiger partial charge is 0.494 e. The molecule has 1 aromatic carbocycles. The van der Waals surface area contributed by atoms with Crippen LogP contribution in [-0.2, 0) is 0 Å². The van der Waals surface area contributed by atoms with Crippen LogP contribution in [0.15, 0.2) is 30.6 Å². The van der Waals surface area contributed by atoms with Crippen molar-refractivity contribution in [2.24, 2.45) is 0 Å². The minimum atomic E-state index is 0.554. The first-order valence-corrected chi connectivity index (χ1v) is 6.09. The van der Waals surface area contributed by atoms with E-state index in [9.17, 15) is 0 Å². The van der Waals surface area contributed by atoms with E-state index in [1.165, 1.54) is 0 Å². The van der Waals surface area contributed by atoms with Crippen molar-refractivity contribution >= 4 is 28.4 Å². The molecule has 102 valence electrons. The molecule has 0 fully saturated rings. The van der Waals surface area contributed by atoms with Gasteiger partial charge in [0.2, 0.25) is 5.95 Å². The maximum atomic E-state index is 5.38. The lowest BCUT2D eigenvalue weighted by Gasteiger charge is -2.11. The first-order chi connectivity index (χ1) is 9.80. The number of aromatic nitrogens is 4. The molecule has 0 saturated carbocycles. The highest BCUT2D eigenvalue weighted by Crippen LogP contribution is 2.31. The van der Waals surface area contributed by atoms with Crippen LogP contribution in [0.5, 0.6) is 5.75 Å². The van der Waals surface area contributed by atoms with Gasteiger partial charge in [0.1, 0.15) is 11.6 Å². The zero-order chi connectivity index (χ0) is 13.9. The lowest BCUT2D eigenvalue weighted by atomic mass is 10.2. The quantitative estimate of drug-likeness (QED) is 0.673. The van der Waals surface area contributed by atoms with E-state index in [2.05, 4.69) is 30.8 Å². The van der Waals surface area contributed by atoms with Crippen molar-refractivity contribution in [3.05, 3.63) is 30.6 Å². The minimum Gasteiger partial charge on any atom is -0.494 e. The Bertz CT molecular complexity index is 739. The first kappa shape index (κ1) is 12.2. The molecule has 7 nitrogen and oxygen atoms in total. The van der Waals surface area contributed by atoms with E-state index >= 15 is 0 Å². The van der Waals surface area contributed by atoms with Crippen molar-refractivity contribution in [2.45, 2.75) is 0 Å². The maximum Gasteiger partial charge on any atom is 0.224 e. The smallest absolute Gasteiger partial charge is 0.224 e. The van der Waals surface area contributed by atoms with Crippen LogP contribution in [0.4, 0.5) is 17.5 Å². The predicted octanol–water partition coefficient (Wildman–Crippen LogP) is 2.15. The second-order valence-corrected chi connectivity index (χ2v) is 4.15. The number of H-pyrrole nitrogens is 1. The van der Waals surface area contributed by atoms with Crippen LogP contribution in [0.3, 0.4) is 0 Å². The fourth-order valence-electron chi connectivity index (χ4n) is 1.92. The zero-order valence-electron chi connectivity index (χ0n) is 11.1. The van der Waals surface area contributed by atoms with E-state index in [1.54, 1.807) is 32.6 Å². The Morgan fingerprint density at radius 3 is 3.00 bits per heavy atom. The van der Waals surface area contributed by atoms with Gasteiger partial charge in [-0.05, 0) is 12.1 Å². The van der Waals surface area contributed by atoms with Gasteiger partial charge < -0.3 is 15.4 Å². The molecular formula is C13H14N6O. The van der Waals surface area contributed by atoms with E-state index < -0.39 is 0 Å². The molecule has 20 heavy (non-hydrogen) atoms. The van der Waals surface area contributed by atoms with E-state index in [0.29, 0.717) is 17.5 Å². The number of benzene rings is 1. The maximum absolute atomic E-state index is 5.38. The number of aromatic amines is 1. The molecule has 3 aromatic rings. The molecule has 0 bridgehead atoms. The van der Waals surface area contributed by atoms with Crippen LogP contribution in [0, 0.1) is 0 Å². The molecule has 0 amide bonds. The Balaban J connectivity index is 1.99. The van der Waals surface area contributed by atoms with Gasteiger partial charge in [-0.25, -0.2) is 4.98 Å². The monoisotopic (exact) mass is 270 g/mol. The van der Waals surface area contributed by atoms with Crippen molar-refractivity contribution < 1.29 is 4.74 Å². The number of rotatable bonds is 4. The zero-order valence-corrected chi connectivity index (χ0v) is 11.1. The second kappa shape index (κ2) is 5.04. The van der Waals surface area contributed by atoms with Gasteiger partial charge in [-0.15, -0.1) is 0 Å². The van der Waals surface area contributed by atoms with E-state index in [-0.39, 0.29) is 0 Å². The molecule has 2 aromatic heterocycles. The molecule has 0 spiro atoms. The number of methoxy groups -OCH3 is 1. The van der Waals surface area contributed by atoms with E-state index in [4.69, 9.17) is 4.74 Å². The Morgan fingerprint density at radius 1 is 1.30 bits per heavy atom. The molecule has 0 saturated heterocycles. The van der Waals surface area contributed by atoms with Crippen molar-refractivity contribution in [1.82, 2.24) is 20.2 Å². The number of ether oxygens (including phenoxy) is 1. The molecule has 0 radical (unpaired) electrons. The van der Waals surface area contributed by atoms with Crippen LogP contribution in [0.2, 0.25) is 0 Å². The Hall–Kier alpha value is -2.83. The molecule has 0 unspecified atom stereocenters. The lowest BCUT2D eigenvalue weighted by Crippen LogP contribution is -2.01. The highest BCUT2D eigenvalue weighted by Gasteiger charge is 2.08. The number of anilines is 3. The summed E-state index contributed by atoms with van der Waals surface area (Å²) in [5, 5.41) is 14.0. The first-order valence-electron chi connectivity index (χ1n) is 6.09. The number of nitrogens with one attached hydrogen (secondary N) is 3. The molecular weight excluding hydrogens is 256 g/mol. The Kier molecular flexibility index (Phi) is 3.08. The fraction of sp³-hybridized carbons (Fsp3) is 0.154. The normalized spacial score (nSPS) is 10.5. The van der Waals surface area contributed by atoms with Gasteiger partial charge in [0.05, 0.1) is 24.5 Å². The van der Waals surface area contributed by atoms with Gasteiger partial charge >= 0.3 is 0 Å². The van der Waals surface area contributed by atoms with Gasteiger partial charge in [0.15, 0.2) is 0 Å². The predicted molar refractivity (Wildman–Crippen MR) is 77.5 cm³/mol. The molecule has 2 heterocycles. The van der Waals surface area contributed by atoms with Crippen molar-refractivity contribution in [3.8, 4) is 5.75 Å². The standard InChI is InChI=1S/C13H14N6O/c1-14-13-15-4-3-12(18-13)17-10-5-8-7-16-19-9(8)6-11(10)20-2/h3-7H,1-2H3,(H,16,19)(H2,14,15,17,18). The number of fused-ring (bicyclic) bond motifs is 1. The topological polar surface area (TPSA) is 87.8 Å². The van der Waals surface area contributed by atoms with Gasteiger partial charge in [-0.2, -0.15) is 10.1 Å². The summed E-state index contributed by atoms with van der Waals surface area (Å²) in [6, 6.07) is 5.64. The van der Waals surface area contributed by atoms with E-state index in [1.807, 2.05) is 12.1 Å². The third-order valence-electron chi connectivity index (χ3n) is 2.90. The van der Waals surface area contributed by atoms with Crippen molar-refractivity contribution in [3.63, 3.8) is 0 Å². The van der Waals surface area contributed by atoms with Crippen LogP contribution in [0.25, 0.3) is 10.9 Å². The summed E-state index contributed by atoms with van der Waals surface area (Å²) in [7, 11) is 3.40. The Labute approximate surface area is 115 Å². The summed E-state index contributed by atoms with van der Waals surface area (Å²) in [6.07, 6.45) is 3.45. The molecule has 0 aliphatic rings. The Morgan fingerprint density at radius 2 is 2.20 bits per heavy atom. The summed E-state index contributed by atoms with van der Waals surface area (Å²) < 4.78 is 5.38. The van der Waals surface area contributed by atoms with Crippen LogP contribution in [-0.4, -0.2) is 34.3 Å². The van der Waals surface area contributed by atoms with Crippen molar-refractivity contribution in [2.75, 3.05) is 24.8 Å². The molecule has 0 aliphatic heterocycles. The molecule has 0 atom stereocenters. The third kappa shape index (κ3) is 2.20. The number of hydrogen-bond acceptors (Lipinski definition) is 6. The van der Waals surface area contributed by atoms with Crippen LogP contribution >= 0.6 is 0 Å². The summed E-state index contributed by atoms with van der Waals surface area (Å²) in [4.78, 5) is 8.39. The summed E-state index contributed by atoms with van der Waals surface area (Å²) in [6.45, 7) is 0. The third-order valence-corrected chi connectivity index (χ3v) is 2.90. The average molecular weight is 270 g/mol. The molecule has 7 heteroatoms. The van der Waals surface area contributed by atoms with Crippen molar-refractivity contribution in [1.29, 1.82) is 0 Å². The van der Waals surface area contributed by atoms with Crippen LogP contribution in [0.1, 0.15) is 0 Å². The lowest BCUT2D eigenvalue weighted by molar-refractivity contribution is 0.417. The average Bonchev–Trinajstić information content (AvgIpc) is 2.93.